The summed E-state index contributed by atoms with van der Waals surface area (Å²) in [6, 6.07) is 16.7. The molecule has 0 unspecified atom stereocenters. The first-order valence-electron chi connectivity index (χ1n) is 7.81. The van der Waals surface area contributed by atoms with Crippen molar-refractivity contribution in [2.24, 2.45) is 5.41 Å². The molecule has 2 aromatic rings. The Morgan fingerprint density at radius 2 is 1.62 bits per heavy atom. The summed E-state index contributed by atoms with van der Waals surface area (Å²) in [7, 11) is 0. The average molecular weight is 389 g/mol. The number of halogens is 1. The van der Waals surface area contributed by atoms with Crippen LogP contribution in [0, 0.1) is 5.41 Å². The van der Waals surface area contributed by atoms with Gasteiger partial charge < -0.3 is 10.2 Å². The van der Waals surface area contributed by atoms with Gasteiger partial charge in [0.15, 0.2) is 0 Å². The molecule has 0 atom stereocenters. The molecule has 0 fully saturated rings. The molecule has 0 heterocycles. The zero-order chi connectivity index (χ0) is 17.7. The van der Waals surface area contributed by atoms with E-state index in [1.165, 1.54) is 0 Å². The minimum Gasteiger partial charge on any atom is -0.324 e. The molecule has 24 heavy (non-hydrogen) atoms. The molecule has 2 aromatic carbocycles. The lowest BCUT2D eigenvalue weighted by Gasteiger charge is -2.30. The Kier molecular flexibility index (Phi) is 5.78. The van der Waals surface area contributed by atoms with Crippen molar-refractivity contribution >= 4 is 39.1 Å². The normalized spacial score (nSPS) is 11.0. The molecule has 0 radical (unpaired) electrons. The summed E-state index contributed by atoms with van der Waals surface area (Å²) in [5, 5.41) is 2.83. The van der Waals surface area contributed by atoms with Crippen LogP contribution >= 0.6 is 15.9 Å². The summed E-state index contributed by atoms with van der Waals surface area (Å²) >= 11 is 3.40. The van der Waals surface area contributed by atoms with Gasteiger partial charge in [-0.15, -0.1) is 0 Å². The van der Waals surface area contributed by atoms with Crippen molar-refractivity contribution in [3.63, 3.8) is 0 Å². The van der Waals surface area contributed by atoms with Gasteiger partial charge in [0.1, 0.15) is 5.41 Å². The van der Waals surface area contributed by atoms with Gasteiger partial charge in [0, 0.05) is 16.7 Å². The maximum absolute atomic E-state index is 13.0. The quantitative estimate of drug-likeness (QED) is 0.768. The predicted molar refractivity (Wildman–Crippen MR) is 101 cm³/mol. The standard InChI is InChI=1S/C19H21BrN2O2/c1-4-22(14-10-6-5-7-11-14)18(24)19(2,3)17(23)21-16-13-9-8-12-15(16)20/h5-13H,4H2,1-3H3,(H,21,23). The van der Waals surface area contributed by atoms with Crippen LogP contribution in [0.2, 0.25) is 0 Å². The van der Waals surface area contributed by atoms with Crippen molar-refractivity contribution in [3.05, 3.63) is 59.1 Å². The maximum atomic E-state index is 13.0. The number of hydrogen-bond acceptors (Lipinski definition) is 2. The summed E-state index contributed by atoms with van der Waals surface area (Å²) in [4.78, 5) is 27.3. The molecule has 0 saturated carbocycles. The lowest BCUT2D eigenvalue weighted by atomic mass is 9.89. The van der Waals surface area contributed by atoms with Crippen LogP contribution in [-0.4, -0.2) is 18.4 Å². The van der Waals surface area contributed by atoms with E-state index in [4.69, 9.17) is 0 Å². The molecule has 1 N–H and O–H groups in total. The molecule has 0 aliphatic rings. The SMILES string of the molecule is CCN(C(=O)C(C)(C)C(=O)Nc1ccccc1Br)c1ccccc1. The van der Waals surface area contributed by atoms with Gasteiger partial charge in [-0.3, -0.25) is 9.59 Å². The number of benzene rings is 2. The fraction of sp³-hybridized carbons (Fsp3) is 0.263. The van der Waals surface area contributed by atoms with Gasteiger partial charge in [-0.2, -0.15) is 0 Å². The molecular formula is C19H21BrN2O2. The number of hydrogen-bond donors (Lipinski definition) is 1. The minimum absolute atomic E-state index is 0.235. The number of anilines is 2. The fourth-order valence-corrected chi connectivity index (χ4v) is 2.71. The van der Waals surface area contributed by atoms with Crippen LogP contribution in [0.3, 0.4) is 0 Å². The highest BCUT2D eigenvalue weighted by molar-refractivity contribution is 9.10. The van der Waals surface area contributed by atoms with E-state index in [-0.39, 0.29) is 11.8 Å². The lowest BCUT2D eigenvalue weighted by molar-refractivity contribution is -0.136. The first-order valence-corrected chi connectivity index (χ1v) is 8.60. The van der Waals surface area contributed by atoms with Crippen LogP contribution in [0.25, 0.3) is 0 Å². The monoisotopic (exact) mass is 388 g/mol. The van der Waals surface area contributed by atoms with Gasteiger partial charge in [0.05, 0.1) is 5.69 Å². The molecular weight excluding hydrogens is 368 g/mol. The second-order valence-corrected chi connectivity index (χ2v) is 6.80. The molecule has 0 saturated heterocycles. The molecule has 2 rings (SSSR count). The average Bonchev–Trinajstić information content (AvgIpc) is 2.58. The van der Waals surface area contributed by atoms with Gasteiger partial charge in [-0.1, -0.05) is 30.3 Å². The Morgan fingerprint density at radius 3 is 2.21 bits per heavy atom. The number of rotatable bonds is 5. The van der Waals surface area contributed by atoms with Crippen LogP contribution in [0.5, 0.6) is 0 Å². The Morgan fingerprint density at radius 1 is 1.04 bits per heavy atom. The molecule has 2 amide bonds. The van der Waals surface area contributed by atoms with E-state index in [1.54, 1.807) is 24.8 Å². The Labute approximate surface area is 151 Å². The van der Waals surface area contributed by atoms with Crippen LogP contribution in [0.1, 0.15) is 20.8 Å². The van der Waals surface area contributed by atoms with E-state index >= 15 is 0 Å². The van der Waals surface area contributed by atoms with Crippen molar-refractivity contribution in [2.45, 2.75) is 20.8 Å². The third-order valence-electron chi connectivity index (χ3n) is 3.85. The van der Waals surface area contributed by atoms with Crippen molar-refractivity contribution < 1.29 is 9.59 Å². The number of para-hydroxylation sites is 2. The summed E-state index contributed by atoms with van der Waals surface area (Å²) in [5.74, 6) is -0.575. The molecule has 0 aromatic heterocycles. The number of nitrogens with zero attached hydrogens (tertiary/aromatic N) is 1. The van der Waals surface area contributed by atoms with E-state index in [1.807, 2.05) is 55.5 Å². The fourth-order valence-electron chi connectivity index (χ4n) is 2.33. The van der Waals surface area contributed by atoms with Crippen molar-refractivity contribution in [2.75, 3.05) is 16.8 Å². The number of carbonyl (C=O) groups excluding carboxylic acids is 2. The molecule has 0 aliphatic carbocycles. The largest absolute Gasteiger partial charge is 0.324 e. The second-order valence-electron chi connectivity index (χ2n) is 5.94. The molecule has 0 spiro atoms. The number of carbonyl (C=O) groups is 2. The molecule has 5 heteroatoms. The van der Waals surface area contributed by atoms with E-state index in [9.17, 15) is 9.59 Å². The van der Waals surface area contributed by atoms with Crippen LogP contribution in [0.4, 0.5) is 11.4 Å². The van der Waals surface area contributed by atoms with Crippen molar-refractivity contribution in [3.8, 4) is 0 Å². The third-order valence-corrected chi connectivity index (χ3v) is 4.55. The molecule has 0 aliphatic heterocycles. The molecule has 0 bridgehead atoms. The highest BCUT2D eigenvalue weighted by Gasteiger charge is 2.39. The first kappa shape index (κ1) is 18.2. The molecule has 126 valence electrons. The second kappa shape index (κ2) is 7.62. The third kappa shape index (κ3) is 3.85. The Hall–Kier alpha value is -2.14. The predicted octanol–water partition coefficient (Wildman–Crippen LogP) is 4.47. The van der Waals surface area contributed by atoms with Crippen molar-refractivity contribution in [1.82, 2.24) is 0 Å². The van der Waals surface area contributed by atoms with E-state index in [0.717, 1.165) is 10.2 Å². The number of nitrogens with one attached hydrogen (secondary N) is 1. The van der Waals surface area contributed by atoms with Gasteiger partial charge >= 0.3 is 0 Å². The van der Waals surface area contributed by atoms with Gasteiger partial charge in [0.2, 0.25) is 11.8 Å². The Balaban J connectivity index is 2.23. The highest BCUT2D eigenvalue weighted by Crippen LogP contribution is 2.28. The smallest absolute Gasteiger partial charge is 0.242 e. The van der Waals surface area contributed by atoms with E-state index in [2.05, 4.69) is 21.2 Å². The van der Waals surface area contributed by atoms with Gasteiger partial charge in [-0.05, 0) is 61.0 Å². The van der Waals surface area contributed by atoms with Gasteiger partial charge in [0.25, 0.3) is 0 Å². The van der Waals surface area contributed by atoms with Crippen LogP contribution in [0.15, 0.2) is 59.1 Å². The van der Waals surface area contributed by atoms with Crippen LogP contribution < -0.4 is 10.2 Å². The van der Waals surface area contributed by atoms with E-state index < -0.39 is 5.41 Å². The topological polar surface area (TPSA) is 49.4 Å². The zero-order valence-electron chi connectivity index (χ0n) is 14.0. The van der Waals surface area contributed by atoms with Crippen LogP contribution in [-0.2, 0) is 9.59 Å². The Bertz CT molecular complexity index is 729. The molecule has 4 nitrogen and oxygen atoms in total. The summed E-state index contributed by atoms with van der Waals surface area (Å²) < 4.78 is 0.775. The summed E-state index contributed by atoms with van der Waals surface area (Å²) in [6.07, 6.45) is 0. The van der Waals surface area contributed by atoms with Crippen molar-refractivity contribution in [1.29, 1.82) is 0 Å². The summed E-state index contributed by atoms with van der Waals surface area (Å²) in [5.41, 5.74) is 0.235. The number of amides is 2. The maximum Gasteiger partial charge on any atom is 0.242 e. The summed E-state index contributed by atoms with van der Waals surface area (Å²) in [6.45, 7) is 5.68. The lowest BCUT2D eigenvalue weighted by Crippen LogP contribution is -2.47. The highest BCUT2D eigenvalue weighted by atomic mass is 79.9. The minimum atomic E-state index is -1.19. The first-order chi connectivity index (χ1) is 11.4. The van der Waals surface area contributed by atoms with E-state index in [0.29, 0.717) is 12.2 Å². The van der Waals surface area contributed by atoms with Gasteiger partial charge in [-0.25, -0.2) is 0 Å². The zero-order valence-corrected chi connectivity index (χ0v) is 15.6.